The van der Waals surface area contributed by atoms with Gasteiger partial charge in [0.05, 0.1) is 6.61 Å². The molecular weight excluding hydrogens is 562 g/mol. The molecule has 8 heteroatoms. The van der Waals surface area contributed by atoms with Gasteiger partial charge in [0.15, 0.2) is 0 Å². The molecule has 0 aromatic heterocycles. The molecule has 0 bridgehead atoms. The highest BCUT2D eigenvalue weighted by atomic mass is 35.5. The molecule has 2 aliphatic rings. The molecule has 0 radical (unpaired) electrons. The van der Waals surface area contributed by atoms with Crippen molar-refractivity contribution >= 4 is 29.3 Å². The summed E-state index contributed by atoms with van der Waals surface area (Å²) < 4.78 is 5.65. The Kier molecular flexibility index (Phi) is 11.6. The number of hydrogen-bond acceptors (Lipinski definition) is 5. The van der Waals surface area contributed by atoms with E-state index in [0.717, 1.165) is 48.5 Å². The lowest BCUT2D eigenvalue weighted by Crippen LogP contribution is -2.38. The van der Waals surface area contributed by atoms with Crippen molar-refractivity contribution in [1.29, 1.82) is 0 Å². The highest BCUT2D eigenvalue weighted by molar-refractivity contribution is 6.31. The topological polar surface area (TPSA) is 71.1 Å². The number of rotatable bonds is 12. The average molecular weight is 604 g/mol. The molecule has 1 N–H and O–H groups in total. The number of nitrogens with zero attached hydrogens (tertiary/aromatic N) is 2. The maximum Gasteiger partial charge on any atom is 0.410 e. The first-order valence-corrected chi connectivity index (χ1v) is 15.3. The number of ether oxygens (including phenoxy) is 1. The number of amides is 2. The van der Waals surface area contributed by atoms with Crippen LogP contribution in [0.3, 0.4) is 0 Å². The van der Waals surface area contributed by atoms with Crippen LogP contribution < -0.4 is 10.4 Å². The molecule has 228 valence electrons. The van der Waals surface area contributed by atoms with E-state index in [1.54, 1.807) is 11.0 Å². The van der Waals surface area contributed by atoms with Crippen molar-refractivity contribution in [3.63, 3.8) is 0 Å². The number of para-hydroxylation sites is 1. The van der Waals surface area contributed by atoms with Gasteiger partial charge in [0.1, 0.15) is 5.60 Å². The highest BCUT2D eigenvalue weighted by Gasteiger charge is 2.24. The van der Waals surface area contributed by atoms with Crippen molar-refractivity contribution < 1.29 is 19.2 Å². The number of carbonyl (C=O) groups is 2. The van der Waals surface area contributed by atoms with Crippen LogP contribution in [0.5, 0.6) is 0 Å². The van der Waals surface area contributed by atoms with Gasteiger partial charge in [-0.25, -0.2) is 10.3 Å². The van der Waals surface area contributed by atoms with Gasteiger partial charge in [0, 0.05) is 42.1 Å². The molecule has 7 nitrogen and oxygen atoms in total. The normalized spacial score (nSPS) is 14.6. The first kappa shape index (κ1) is 32.1. The average Bonchev–Trinajstić information content (AvgIpc) is 3.12. The molecular formula is C35H42ClN3O4. The summed E-state index contributed by atoms with van der Waals surface area (Å²) in [7, 11) is 0. The molecule has 0 saturated heterocycles. The lowest BCUT2D eigenvalue weighted by molar-refractivity contribution is -0.128. The maximum atomic E-state index is 13.0. The van der Waals surface area contributed by atoms with Crippen molar-refractivity contribution in [2.24, 2.45) is 0 Å². The number of hydroxylamine groups is 1. The van der Waals surface area contributed by atoms with Crippen molar-refractivity contribution in [3.8, 4) is 0 Å². The Labute approximate surface area is 260 Å². The molecule has 0 spiro atoms. The van der Waals surface area contributed by atoms with Crippen molar-refractivity contribution in [2.75, 3.05) is 31.1 Å². The Morgan fingerprint density at radius 3 is 2.58 bits per heavy atom. The highest BCUT2D eigenvalue weighted by Crippen LogP contribution is 2.36. The fourth-order valence-corrected chi connectivity index (χ4v) is 5.18. The maximum absolute atomic E-state index is 13.0. The number of anilines is 1. The molecule has 2 amide bonds. The Morgan fingerprint density at radius 1 is 1.02 bits per heavy atom. The summed E-state index contributed by atoms with van der Waals surface area (Å²) in [4.78, 5) is 34.5. The summed E-state index contributed by atoms with van der Waals surface area (Å²) in [6.07, 6.45) is 13.0. The Morgan fingerprint density at radius 2 is 1.79 bits per heavy atom. The minimum Gasteiger partial charge on any atom is -0.444 e. The van der Waals surface area contributed by atoms with Crippen LogP contribution in [0, 0.1) is 0 Å². The number of fused-ring (bicyclic) bond motifs is 2. The van der Waals surface area contributed by atoms with Crippen LogP contribution in [0.2, 0.25) is 0 Å². The molecule has 0 unspecified atom stereocenters. The Hall–Kier alpha value is -3.81. The zero-order valence-corrected chi connectivity index (χ0v) is 26.1. The lowest BCUT2D eigenvalue weighted by Gasteiger charge is -2.31. The second-order valence-electron chi connectivity index (χ2n) is 11.6. The van der Waals surface area contributed by atoms with Crippen LogP contribution in [-0.4, -0.2) is 48.7 Å². The molecule has 2 aromatic carbocycles. The Balaban J connectivity index is 1.31. The minimum absolute atomic E-state index is 0.247. The number of unbranched alkanes of at least 4 members (excludes halogenated alkanes) is 1. The van der Waals surface area contributed by atoms with Gasteiger partial charge in [-0.3, -0.25) is 9.63 Å². The van der Waals surface area contributed by atoms with Crippen LogP contribution in [0.1, 0.15) is 51.2 Å². The van der Waals surface area contributed by atoms with Crippen LogP contribution in [0.4, 0.5) is 10.5 Å². The number of hydrogen-bond donors (Lipinski definition) is 1. The third-order valence-electron chi connectivity index (χ3n) is 7.08. The predicted molar refractivity (Wildman–Crippen MR) is 173 cm³/mol. The largest absolute Gasteiger partial charge is 0.444 e. The van der Waals surface area contributed by atoms with E-state index in [9.17, 15) is 9.59 Å². The lowest BCUT2D eigenvalue weighted by atomic mass is 10.0. The van der Waals surface area contributed by atoms with Crippen LogP contribution in [0.15, 0.2) is 101 Å². The Bertz CT molecular complexity index is 1370. The van der Waals surface area contributed by atoms with E-state index in [1.165, 1.54) is 22.9 Å². The van der Waals surface area contributed by atoms with Gasteiger partial charge in [-0.2, -0.15) is 0 Å². The van der Waals surface area contributed by atoms with Crippen LogP contribution >= 0.6 is 11.6 Å². The molecule has 2 aromatic rings. The van der Waals surface area contributed by atoms with Gasteiger partial charge in [-0.15, -0.1) is 0 Å². The van der Waals surface area contributed by atoms with Crippen molar-refractivity contribution in [2.45, 2.75) is 58.5 Å². The fourth-order valence-electron chi connectivity index (χ4n) is 5.00. The zero-order chi connectivity index (χ0) is 30.7. The smallest absolute Gasteiger partial charge is 0.410 e. The third kappa shape index (κ3) is 10.2. The third-order valence-corrected chi connectivity index (χ3v) is 7.34. The number of nitrogens with one attached hydrogen (secondary N) is 1. The van der Waals surface area contributed by atoms with Crippen molar-refractivity contribution in [1.82, 2.24) is 10.4 Å². The number of allylic oxidation sites excluding steroid dienone is 5. The molecule has 1 aliphatic heterocycles. The van der Waals surface area contributed by atoms with Crippen molar-refractivity contribution in [3.05, 3.63) is 112 Å². The second-order valence-corrected chi connectivity index (χ2v) is 12.1. The summed E-state index contributed by atoms with van der Waals surface area (Å²) in [6, 6.07) is 18.4. The number of benzene rings is 2. The summed E-state index contributed by atoms with van der Waals surface area (Å²) in [5.41, 5.74) is 7.84. The molecule has 0 fully saturated rings. The SMILES string of the molecule is CC(C)(C)OC(=O)N(C/C=C/C(=O)NOCCc1ccccc1)CCCCN1C2=CC(Cl)=CCC2=CCc2ccccc21. The summed E-state index contributed by atoms with van der Waals surface area (Å²) in [6.45, 7) is 7.43. The fraction of sp³-hybridized carbons (Fsp3) is 0.371. The van der Waals surface area contributed by atoms with Crippen LogP contribution in [0.25, 0.3) is 0 Å². The summed E-state index contributed by atoms with van der Waals surface area (Å²) in [5.74, 6) is -0.380. The first-order valence-electron chi connectivity index (χ1n) is 14.9. The van der Waals surface area contributed by atoms with Crippen LogP contribution in [-0.2, 0) is 27.2 Å². The quantitative estimate of drug-likeness (QED) is 0.157. The second kappa shape index (κ2) is 15.6. The van der Waals surface area contributed by atoms with Gasteiger partial charge in [0.25, 0.3) is 5.91 Å². The van der Waals surface area contributed by atoms with E-state index in [1.807, 2.05) is 57.2 Å². The zero-order valence-electron chi connectivity index (χ0n) is 25.4. The first-order chi connectivity index (χ1) is 20.7. The van der Waals surface area contributed by atoms with Gasteiger partial charge >= 0.3 is 6.09 Å². The standard InChI is InChI=1S/C35H42ClN3O4/c1-35(2,3)43-34(41)38(23-11-16-33(40)37-42-25-21-27-12-5-4-6-13-27)22-9-10-24-39-31-15-8-7-14-28(31)17-18-29-19-20-30(36)26-32(29)39/h4-8,11-16,18,20,26H,9-10,17,19,21-25H2,1-3H3,(H,37,40)/b16-11+. The number of halogens is 1. The van der Waals surface area contributed by atoms with E-state index in [2.05, 4.69) is 46.8 Å². The van der Waals surface area contributed by atoms with E-state index >= 15 is 0 Å². The molecule has 1 heterocycles. The molecule has 0 saturated carbocycles. The summed E-state index contributed by atoms with van der Waals surface area (Å²) in [5, 5.41) is 0.755. The van der Waals surface area contributed by atoms with Gasteiger partial charge in [-0.1, -0.05) is 78.4 Å². The van der Waals surface area contributed by atoms with Gasteiger partial charge in [0.2, 0.25) is 0 Å². The molecule has 43 heavy (non-hydrogen) atoms. The molecule has 0 atom stereocenters. The van der Waals surface area contributed by atoms with Gasteiger partial charge in [-0.05, 0) is 81.7 Å². The monoisotopic (exact) mass is 603 g/mol. The summed E-state index contributed by atoms with van der Waals surface area (Å²) >= 11 is 6.43. The predicted octanol–water partition coefficient (Wildman–Crippen LogP) is 7.25. The van der Waals surface area contributed by atoms with E-state index in [0.29, 0.717) is 19.6 Å². The number of carbonyl (C=O) groups excluding carboxylic acids is 2. The van der Waals surface area contributed by atoms with E-state index in [-0.39, 0.29) is 12.5 Å². The molecule has 4 rings (SSSR count). The van der Waals surface area contributed by atoms with Gasteiger partial charge < -0.3 is 14.5 Å². The van der Waals surface area contributed by atoms with E-state index < -0.39 is 11.7 Å². The molecule has 1 aliphatic carbocycles. The minimum atomic E-state index is -0.623. The van der Waals surface area contributed by atoms with E-state index in [4.69, 9.17) is 21.2 Å².